The van der Waals surface area contributed by atoms with Crippen LogP contribution in [0.5, 0.6) is 0 Å². The van der Waals surface area contributed by atoms with Crippen molar-refractivity contribution in [3.63, 3.8) is 0 Å². The Morgan fingerprint density at radius 2 is 1.06 bits per heavy atom. The van der Waals surface area contributed by atoms with Crippen LogP contribution >= 0.6 is 15.9 Å². The standard InChI is InChI=1S/C13H20O2.C10H17Br.C3H4O2.2CH4/c1-11(2)5-4-6-12(3)7-8-13(9-14)10-15;1-9(2)5-4-6-10(3)7-8-11;4-2-1-3-5;;/h5,7,9-10,13H,4,6,8H2,1-3H3;5,7H,4,6,8H2,1-3H3;2-3H,1H2;2*1H4/b12-7+;10-7+;;;. The van der Waals surface area contributed by atoms with E-state index in [4.69, 9.17) is 0 Å². The molecule has 4 nitrogen and oxygen atoms in total. The van der Waals surface area contributed by atoms with Crippen LogP contribution in [0.1, 0.15) is 94.9 Å². The lowest BCUT2D eigenvalue weighted by atomic mass is 10.0. The second-order valence-electron chi connectivity index (χ2n) is 7.64. The first-order valence-corrected chi connectivity index (χ1v) is 11.7. The maximum Gasteiger partial charge on any atom is 0.130 e. The highest BCUT2D eigenvalue weighted by atomic mass is 79.9. The van der Waals surface area contributed by atoms with Crippen molar-refractivity contribution in [2.75, 3.05) is 5.33 Å². The average molecular weight is 530 g/mol. The Hall–Kier alpha value is -1.88. The predicted octanol–water partition coefficient (Wildman–Crippen LogP) is 8.20. The van der Waals surface area contributed by atoms with Gasteiger partial charge in [0, 0.05) is 5.33 Å². The van der Waals surface area contributed by atoms with Crippen molar-refractivity contribution in [3.05, 3.63) is 46.6 Å². The molecule has 0 N–H and O–H groups in total. The zero-order valence-corrected chi connectivity index (χ0v) is 21.7. The summed E-state index contributed by atoms with van der Waals surface area (Å²) >= 11 is 3.38. The lowest BCUT2D eigenvalue weighted by Crippen LogP contribution is -2.01. The summed E-state index contributed by atoms with van der Waals surface area (Å²) < 4.78 is 0. The van der Waals surface area contributed by atoms with E-state index in [2.05, 4.69) is 68.8 Å². The summed E-state index contributed by atoms with van der Waals surface area (Å²) in [5.41, 5.74) is 5.44. The number of rotatable bonds is 13. The van der Waals surface area contributed by atoms with E-state index in [0.29, 0.717) is 31.6 Å². The van der Waals surface area contributed by atoms with Gasteiger partial charge < -0.3 is 19.2 Å². The van der Waals surface area contributed by atoms with E-state index < -0.39 is 5.92 Å². The number of carbonyl (C=O) groups is 4. The molecule has 0 saturated heterocycles. The van der Waals surface area contributed by atoms with E-state index in [1.165, 1.54) is 35.1 Å². The van der Waals surface area contributed by atoms with Crippen LogP contribution in [0.4, 0.5) is 0 Å². The van der Waals surface area contributed by atoms with Crippen LogP contribution in [0.3, 0.4) is 0 Å². The molecule has 192 valence electrons. The van der Waals surface area contributed by atoms with Crippen molar-refractivity contribution in [1.82, 2.24) is 0 Å². The van der Waals surface area contributed by atoms with Gasteiger partial charge in [0.2, 0.25) is 0 Å². The number of alkyl halides is 1. The molecule has 0 amide bonds. The SMILES string of the molecule is C.C.CC(C)=CCC/C(C)=C/CBr.CC(C)=CCC/C(C)=C/CC(C=O)C=O.O=CCC=O. The van der Waals surface area contributed by atoms with Gasteiger partial charge in [0.05, 0.1) is 12.3 Å². The maximum absolute atomic E-state index is 10.4. The predicted molar refractivity (Wildman–Crippen MR) is 149 cm³/mol. The van der Waals surface area contributed by atoms with E-state index in [9.17, 15) is 19.2 Å². The Kier molecular flexibility index (Phi) is 40.5. The van der Waals surface area contributed by atoms with Gasteiger partial charge in [0.25, 0.3) is 0 Å². The molecule has 0 aromatic heterocycles. The van der Waals surface area contributed by atoms with Gasteiger partial charge >= 0.3 is 0 Å². The summed E-state index contributed by atoms with van der Waals surface area (Å²) in [6.07, 6.45) is 16.2. The van der Waals surface area contributed by atoms with Crippen molar-refractivity contribution in [1.29, 1.82) is 0 Å². The minimum atomic E-state index is -0.469. The van der Waals surface area contributed by atoms with Gasteiger partial charge in [0.15, 0.2) is 0 Å². The Morgan fingerprint density at radius 1 is 0.667 bits per heavy atom. The second kappa shape index (κ2) is 32.3. The van der Waals surface area contributed by atoms with Crippen LogP contribution in [0.2, 0.25) is 0 Å². The fourth-order valence-corrected chi connectivity index (χ4v) is 2.59. The van der Waals surface area contributed by atoms with Crippen molar-refractivity contribution in [3.8, 4) is 0 Å². The van der Waals surface area contributed by atoms with Crippen LogP contribution in [0, 0.1) is 5.92 Å². The van der Waals surface area contributed by atoms with Crippen LogP contribution in [-0.2, 0) is 19.2 Å². The number of halogens is 1. The van der Waals surface area contributed by atoms with Gasteiger partial charge in [-0.3, -0.25) is 0 Å². The third-order valence-corrected chi connectivity index (χ3v) is 4.21. The maximum atomic E-state index is 10.4. The molecule has 0 radical (unpaired) electrons. The molecule has 0 bridgehead atoms. The highest BCUT2D eigenvalue weighted by molar-refractivity contribution is 9.09. The summed E-state index contributed by atoms with van der Waals surface area (Å²) in [6, 6.07) is 0. The molecule has 0 aliphatic rings. The van der Waals surface area contributed by atoms with E-state index in [0.717, 1.165) is 18.2 Å². The summed E-state index contributed by atoms with van der Waals surface area (Å²) in [4.78, 5) is 39.1. The number of carbonyl (C=O) groups excluding carboxylic acids is 4. The minimum absolute atomic E-state index is 0. The van der Waals surface area contributed by atoms with Crippen LogP contribution in [0.15, 0.2) is 46.6 Å². The van der Waals surface area contributed by atoms with E-state index in [1.807, 2.05) is 13.0 Å². The molecule has 0 saturated carbocycles. The molecule has 0 atom stereocenters. The van der Waals surface area contributed by atoms with Crippen molar-refractivity contribution in [2.45, 2.75) is 94.9 Å². The van der Waals surface area contributed by atoms with Crippen LogP contribution in [-0.4, -0.2) is 30.5 Å². The lowest BCUT2D eigenvalue weighted by Gasteiger charge is -2.00. The van der Waals surface area contributed by atoms with Crippen molar-refractivity contribution < 1.29 is 19.2 Å². The fraction of sp³-hybridized carbons (Fsp3) is 0.571. The summed E-state index contributed by atoms with van der Waals surface area (Å²) in [5, 5.41) is 0.980. The molecule has 0 aliphatic heterocycles. The fourth-order valence-electron chi connectivity index (χ4n) is 2.03. The number of allylic oxidation sites excluding steroid dienone is 8. The van der Waals surface area contributed by atoms with E-state index in [1.54, 1.807) is 0 Å². The minimum Gasteiger partial charge on any atom is -0.303 e. The Balaban J connectivity index is -0.000000128. The summed E-state index contributed by atoms with van der Waals surface area (Å²) in [7, 11) is 0. The molecule has 0 rings (SSSR count). The molecule has 33 heavy (non-hydrogen) atoms. The first-order chi connectivity index (χ1) is 14.7. The van der Waals surface area contributed by atoms with Gasteiger partial charge in [-0.05, 0) is 73.6 Å². The third-order valence-electron chi connectivity index (χ3n) is 3.89. The second-order valence-corrected chi connectivity index (χ2v) is 8.28. The molecule has 0 fully saturated rings. The molecular formula is C28H49BrO4. The van der Waals surface area contributed by atoms with Crippen molar-refractivity contribution in [2.24, 2.45) is 5.92 Å². The molecule has 0 spiro atoms. The van der Waals surface area contributed by atoms with Gasteiger partial charge in [-0.2, -0.15) is 0 Å². The van der Waals surface area contributed by atoms with E-state index >= 15 is 0 Å². The quantitative estimate of drug-likeness (QED) is 0.104. The highest BCUT2D eigenvalue weighted by Crippen LogP contribution is 2.09. The van der Waals surface area contributed by atoms with Gasteiger partial charge in [-0.15, -0.1) is 0 Å². The largest absolute Gasteiger partial charge is 0.303 e. The first kappa shape index (κ1) is 41.4. The van der Waals surface area contributed by atoms with Gasteiger partial charge in [-0.1, -0.05) is 77.4 Å². The molecule has 0 heterocycles. The number of hydrogen-bond donors (Lipinski definition) is 0. The first-order valence-electron chi connectivity index (χ1n) is 10.6. The average Bonchev–Trinajstić information content (AvgIpc) is 2.70. The molecule has 0 aromatic carbocycles. The molecular weight excluding hydrogens is 480 g/mol. The Bertz CT molecular complexity index is 591. The number of hydrogen-bond acceptors (Lipinski definition) is 4. The molecule has 0 aromatic rings. The molecule has 5 heteroatoms. The Morgan fingerprint density at radius 3 is 1.33 bits per heavy atom. The smallest absolute Gasteiger partial charge is 0.130 e. The summed E-state index contributed by atoms with van der Waals surface area (Å²) in [6.45, 7) is 12.7. The monoisotopic (exact) mass is 528 g/mol. The van der Waals surface area contributed by atoms with Crippen LogP contribution < -0.4 is 0 Å². The number of aldehydes is 4. The molecule has 0 aliphatic carbocycles. The zero-order chi connectivity index (χ0) is 24.5. The molecule has 0 unspecified atom stereocenters. The Labute approximate surface area is 212 Å². The van der Waals surface area contributed by atoms with Gasteiger partial charge in [0.1, 0.15) is 25.1 Å². The summed E-state index contributed by atoms with van der Waals surface area (Å²) in [5.74, 6) is -0.469. The normalized spacial score (nSPS) is 9.94. The third kappa shape index (κ3) is 40.9. The van der Waals surface area contributed by atoms with Crippen LogP contribution in [0.25, 0.3) is 0 Å². The van der Waals surface area contributed by atoms with E-state index in [-0.39, 0.29) is 21.3 Å². The van der Waals surface area contributed by atoms with Gasteiger partial charge in [-0.25, -0.2) is 0 Å². The van der Waals surface area contributed by atoms with Crippen molar-refractivity contribution >= 4 is 41.1 Å². The zero-order valence-electron chi connectivity index (χ0n) is 20.2. The lowest BCUT2D eigenvalue weighted by molar-refractivity contribution is -0.119. The highest BCUT2D eigenvalue weighted by Gasteiger charge is 2.02. The topological polar surface area (TPSA) is 68.3 Å².